The molecule has 20 heavy (non-hydrogen) atoms. The molecule has 2 aromatic heterocycles. The summed E-state index contributed by atoms with van der Waals surface area (Å²) in [5, 5.41) is 15.3. The topological polar surface area (TPSA) is 77.6 Å². The van der Waals surface area contributed by atoms with Crippen molar-refractivity contribution >= 4 is 21.6 Å². The van der Waals surface area contributed by atoms with E-state index in [-0.39, 0.29) is 11.6 Å². The van der Waals surface area contributed by atoms with Gasteiger partial charge in [0.1, 0.15) is 10.8 Å². The van der Waals surface area contributed by atoms with Crippen molar-refractivity contribution in [2.24, 2.45) is 7.05 Å². The van der Waals surface area contributed by atoms with Gasteiger partial charge in [0.05, 0.1) is 17.9 Å². The summed E-state index contributed by atoms with van der Waals surface area (Å²) in [5.74, 6) is 0.787. The van der Waals surface area contributed by atoms with E-state index in [2.05, 4.69) is 36.5 Å². The van der Waals surface area contributed by atoms with Crippen molar-refractivity contribution in [3.63, 3.8) is 0 Å². The zero-order valence-electron chi connectivity index (χ0n) is 11.7. The minimum absolute atomic E-state index is 0.0815. The molecule has 1 atom stereocenters. The lowest BCUT2D eigenvalue weighted by molar-refractivity contribution is 0.565. The van der Waals surface area contributed by atoms with E-state index >= 15 is 0 Å². The second-order valence-electron chi connectivity index (χ2n) is 4.57. The Kier molecular flexibility index (Phi) is 4.53. The number of hydrogen-bond donors (Lipinski definition) is 1. The number of hydrogen-bond acceptors (Lipinski definition) is 5. The Labute approximate surface area is 125 Å². The van der Waals surface area contributed by atoms with Crippen LogP contribution in [0, 0.1) is 0 Å². The van der Waals surface area contributed by atoms with Gasteiger partial charge in [-0.05, 0) is 29.3 Å². The van der Waals surface area contributed by atoms with Gasteiger partial charge >= 0.3 is 0 Å². The van der Waals surface area contributed by atoms with Gasteiger partial charge in [0.25, 0.3) is 5.56 Å². The summed E-state index contributed by atoms with van der Waals surface area (Å²) in [4.78, 5) is 12.1. The first-order chi connectivity index (χ1) is 9.54. The number of halogens is 1. The van der Waals surface area contributed by atoms with Crippen molar-refractivity contribution < 1.29 is 0 Å². The first-order valence-corrected chi connectivity index (χ1v) is 7.20. The van der Waals surface area contributed by atoms with E-state index in [1.807, 2.05) is 25.5 Å². The van der Waals surface area contributed by atoms with E-state index in [9.17, 15) is 4.79 Å². The van der Waals surface area contributed by atoms with Gasteiger partial charge in [0.15, 0.2) is 5.82 Å². The van der Waals surface area contributed by atoms with Crippen molar-refractivity contribution in [1.82, 2.24) is 24.5 Å². The average Bonchev–Trinajstić information content (AvgIpc) is 2.85. The first-order valence-electron chi connectivity index (χ1n) is 6.40. The average molecular weight is 341 g/mol. The molecule has 2 heterocycles. The van der Waals surface area contributed by atoms with Gasteiger partial charge in [-0.1, -0.05) is 6.92 Å². The van der Waals surface area contributed by atoms with Crippen LogP contribution >= 0.6 is 15.9 Å². The van der Waals surface area contributed by atoms with Gasteiger partial charge in [0.2, 0.25) is 0 Å². The fraction of sp³-hybridized carbons (Fsp3) is 0.500. The molecule has 0 bridgehead atoms. The molecule has 0 radical (unpaired) electrons. The summed E-state index contributed by atoms with van der Waals surface area (Å²) < 4.78 is 3.76. The molecule has 0 amide bonds. The van der Waals surface area contributed by atoms with E-state index < -0.39 is 0 Å². The predicted molar refractivity (Wildman–Crippen MR) is 79.5 cm³/mol. The Morgan fingerprint density at radius 2 is 2.25 bits per heavy atom. The molecule has 8 heteroatoms. The zero-order valence-corrected chi connectivity index (χ0v) is 13.3. The predicted octanol–water partition coefficient (Wildman–Crippen LogP) is 1.72. The Hall–Kier alpha value is -1.70. The SMILES string of the molecule is CCCn1ncc(NC(C)c2nncn2C)c(Br)c1=O. The van der Waals surface area contributed by atoms with Gasteiger partial charge in [-0.3, -0.25) is 4.79 Å². The third kappa shape index (κ3) is 2.90. The maximum atomic E-state index is 12.1. The van der Waals surface area contributed by atoms with Crippen LogP contribution in [-0.2, 0) is 13.6 Å². The Morgan fingerprint density at radius 3 is 2.85 bits per heavy atom. The fourth-order valence-electron chi connectivity index (χ4n) is 1.92. The van der Waals surface area contributed by atoms with Crippen molar-refractivity contribution in [2.75, 3.05) is 5.32 Å². The zero-order chi connectivity index (χ0) is 14.7. The molecule has 0 aliphatic heterocycles. The molecule has 7 nitrogen and oxygen atoms in total. The summed E-state index contributed by atoms with van der Waals surface area (Å²) in [6.45, 7) is 4.56. The largest absolute Gasteiger partial charge is 0.373 e. The summed E-state index contributed by atoms with van der Waals surface area (Å²) in [6, 6.07) is -0.0815. The van der Waals surface area contributed by atoms with Crippen LogP contribution in [-0.4, -0.2) is 24.5 Å². The third-order valence-corrected chi connectivity index (χ3v) is 3.69. The highest BCUT2D eigenvalue weighted by atomic mass is 79.9. The number of nitrogens with one attached hydrogen (secondary N) is 1. The summed E-state index contributed by atoms with van der Waals surface area (Å²) in [6.07, 6.45) is 4.15. The molecule has 0 fully saturated rings. The van der Waals surface area contributed by atoms with Crippen molar-refractivity contribution in [3.05, 3.63) is 33.2 Å². The summed E-state index contributed by atoms with van der Waals surface area (Å²) >= 11 is 3.33. The van der Waals surface area contributed by atoms with E-state index in [0.29, 0.717) is 16.7 Å². The maximum Gasteiger partial charge on any atom is 0.283 e. The van der Waals surface area contributed by atoms with Crippen molar-refractivity contribution in [1.29, 1.82) is 0 Å². The quantitative estimate of drug-likeness (QED) is 0.896. The smallest absolute Gasteiger partial charge is 0.283 e. The number of anilines is 1. The summed E-state index contributed by atoms with van der Waals surface area (Å²) in [7, 11) is 1.88. The van der Waals surface area contributed by atoms with E-state index in [1.165, 1.54) is 4.68 Å². The molecule has 1 N–H and O–H groups in total. The van der Waals surface area contributed by atoms with Gasteiger partial charge in [-0.15, -0.1) is 10.2 Å². The standard InChI is InChI=1S/C12H17BrN6O/c1-4-5-19-12(20)10(13)9(6-15-19)16-8(2)11-17-14-7-18(11)3/h6-8,16H,4-5H2,1-3H3. The molecule has 2 aromatic rings. The Balaban J connectivity index is 2.24. The molecule has 0 aliphatic rings. The number of aromatic nitrogens is 5. The van der Waals surface area contributed by atoms with Crippen molar-refractivity contribution in [3.8, 4) is 0 Å². The van der Waals surface area contributed by atoms with Crippen molar-refractivity contribution in [2.45, 2.75) is 32.9 Å². The monoisotopic (exact) mass is 340 g/mol. The molecule has 2 rings (SSSR count). The minimum Gasteiger partial charge on any atom is -0.373 e. The first kappa shape index (κ1) is 14.7. The molecule has 108 valence electrons. The van der Waals surface area contributed by atoms with Crippen LogP contribution in [0.25, 0.3) is 0 Å². The molecular formula is C12H17BrN6O. The molecule has 1 unspecified atom stereocenters. The lowest BCUT2D eigenvalue weighted by Crippen LogP contribution is -2.25. The van der Waals surface area contributed by atoms with Gasteiger partial charge in [-0.2, -0.15) is 5.10 Å². The normalized spacial score (nSPS) is 12.4. The molecule has 0 saturated carbocycles. The number of nitrogens with zero attached hydrogens (tertiary/aromatic N) is 5. The third-order valence-electron chi connectivity index (χ3n) is 2.93. The molecular weight excluding hydrogens is 324 g/mol. The lowest BCUT2D eigenvalue weighted by Gasteiger charge is -2.15. The van der Waals surface area contributed by atoms with Crippen LogP contribution in [0.15, 0.2) is 21.8 Å². The number of aryl methyl sites for hydroxylation is 2. The highest BCUT2D eigenvalue weighted by Crippen LogP contribution is 2.21. The Morgan fingerprint density at radius 1 is 1.50 bits per heavy atom. The summed E-state index contributed by atoms with van der Waals surface area (Å²) in [5.41, 5.74) is 0.514. The maximum absolute atomic E-state index is 12.1. The molecule has 0 aromatic carbocycles. The van der Waals surface area contributed by atoms with Crippen LogP contribution in [0.3, 0.4) is 0 Å². The molecule has 0 spiro atoms. The lowest BCUT2D eigenvalue weighted by atomic mass is 10.3. The van der Waals surface area contributed by atoms with E-state index in [1.54, 1.807) is 12.5 Å². The van der Waals surface area contributed by atoms with Crippen LogP contribution < -0.4 is 10.9 Å². The minimum atomic E-state index is -0.137. The molecule has 0 aliphatic carbocycles. The van der Waals surface area contributed by atoms with Gasteiger partial charge in [0, 0.05) is 13.6 Å². The van der Waals surface area contributed by atoms with Crippen LogP contribution in [0.5, 0.6) is 0 Å². The van der Waals surface area contributed by atoms with Crippen LogP contribution in [0.2, 0.25) is 0 Å². The van der Waals surface area contributed by atoms with Gasteiger partial charge < -0.3 is 9.88 Å². The highest BCUT2D eigenvalue weighted by Gasteiger charge is 2.15. The van der Waals surface area contributed by atoms with Gasteiger partial charge in [-0.25, -0.2) is 4.68 Å². The van der Waals surface area contributed by atoms with E-state index in [4.69, 9.17) is 0 Å². The fourth-order valence-corrected chi connectivity index (χ4v) is 2.34. The second-order valence-corrected chi connectivity index (χ2v) is 5.36. The second kappa shape index (κ2) is 6.17. The van der Waals surface area contributed by atoms with Crippen LogP contribution in [0.1, 0.15) is 32.1 Å². The van der Waals surface area contributed by atoms with E-state index in [0.717, 1.165) is 12.2 Å². The van der Waals surface area contributed by atoms with Crippen LogP contribution in [0.4, 0.5) is 5.69 Å². The molecule has 0 saturated heterocycles. The highest BCUT2D eigenvalue weighted by molar-refractivity contribution is 9.10. The Bertz CT molecular complexity index is 650. The number of rotatable bonds is 5.